The number of hydrogen-bond donors (Lipinski definition) is 2. The van der Waals surface area contributed by atoms with Gasteiger partial charge in [0.05, 0.1) is 10.7 Å². The monoisotopic (exact) mass is 506 g/mol. The summed E-state index contributed by atoms with van der Waals surface area (Å²) in [6.07, 6.45) is 6.09. The fourth-order valence-corrected chi connectivity index (χ4v) is 3.52. The number of allylic oxidation sites excluding steroid dienone is 3. The molecular weight excluding hydrogens is 482 g/mol. The average Bonchev–Trinajstić information content (AvgIpc) is 3.35. The van der Waals surface area contributed by atoms with Crippen LogP contribution in [0.4, 0.5) is 13.6 Å². The summed E-state index contributed by atoms with van der Waals surface area (Å²) in [5, 5.41) is 15.8. The maximum atomic E-state index is 13.7. The van der Waals surface area contributed by atoms with Gasteiger partial charge in [-0.3, -0.25) is 10.3 Å². The minimum absolute atomic E-state index is 0.0714. The van der Waals surface area contributed by atoms with Gasteiger partial charge in [-0.15, -0.1) is 0 Å². The fourth-order valence-electron chi connectivity index (χ4n) is 3.23. The number of carbonyl (C=O) groups is 1. The smallest absolute Gasteiger partial charge is 0.323 e. The van der Waals surface area contributed by atoms with E-state index in [0.717, 1.165) is 5.57 Å². The molecule has 2 N–H and O–H groups in total. The summed E-state index contributed by atoms with van der Waals surface area (Å²) >= 11 is 6.43. The fraction of sp³-hybridized carbons (Fsp3) is 0.348. The zero-order valence-electron chi connectivity index (χ0n) is 19.3. The van der Waals surface area contributed by atoms with Gasteiger partial charge in [-0.05, 0) is 43.4 Å². The van der Waals surface area contributed by atoms with E-state index in [-0.39, 0.29) is 36.1 Å². The molecule has 0 atom stereocenters. The number of amides is 2. The molecule has 0 spiro atoms. The van der Waals surface area contributed by atoms with E-state index in [1.165, 1.54) is 30.9 Å². The molecule has 0 aliphatic carbocycles. The van der Waals surface area contributed by atoms with Gasteiger partial charge in [0.15, 0.2) is 0 Å². The average molecular weight is 507 g/mol. The van der Waals surface area contributed by atoms with Crippen LogP contribution >= 0.6 is 11.6 Å². The lowest BCUT2D eigenvalue weighted by Gasteiger charge is -2.26. The van der Waals surface area contributed by atoms with Gasteiger partial charge in [0, 0.05) is 31.3 Å². The van der Waals surface area contributed by atoms with Crippen molar-refractivity contribution in [2.45, 2.75) is 39.2 Å². The summed E-state index contributed by atoms with van der Waals surface area (Å²) in [4.78, 5) is 26.3. The van der Waals surface area contributed by atoms with E-state index >= 15 is 0 Å². The van der Waals surface area contributed by atoms with Gasteiger partial charge in [-0.1, -0.05) is 35.8 Å². The van der Waals surface area contributed by atoms with Crippen molar-refractivity contribution in [3.63, 3.8) is 0 Å². The second-order valence-electron chi connectivity index (χ2n) is 7.70. The molecule has 12 heteroatoms. The predicted molar refractivity (Wildman–Crippen MR) is 128 cm³/mol. The molecule has 0 aromatic carbocycles. The van der Waals surface area contributed by atoms with Crippen LogP contribution in [0.1, 0.15) is 38.3 Å². The van der Waals surface area contributed by atoms with Crippen LogP contribution in [0, 0.1) is 0 Å². The van der Waals surface area contributed by atoms with E-state index in [1.807, 2.05) is 6.08 Å². The molecule has 9 nitrogen and oxygen atoms in total. The number of aliphatic hydroxyl groups is 1. The van der Waals surface area contributed by atoms with Crippen molar-refractivity contribution in [2.24, 2.45) is 4.99 Å². The van der Waals surface area contributed by atoms with Crippen molar-refractivity contribution in [3.05, 3.63) is 58.5 Å². The van der Waals surface area contributed by atoms with Crippen LogP contribution in [-0.4, -0.2) is 56.9 Å². The van der Waals surface area contributed by atoms with Gasteiger partial charge in [-0.25, -0.2) is 18.6 Å². The van der Waals surface area contributed by atoms with E-state index in [4.69, 9.17) is 21.2 Å². The SMILES string of the molecule is C=N/C(=C\C=C(/C)C(F)(F)CC)NC(=O)N1CC=C(c2ncc(-c3noc(CO)n3)cc2Cl)CC1. The quantitative estimate of drug-likeness (QED) is 0.399. The number of carbonyl (C=O) groups excluding carboxylic acids is 1. The van der Waals surface area contributed by atoms with Crippen molar-refractivity contribution < 1.29 is 23.2 Å². The number of aliphatic hydroxyl groups excluding tert-OH is 1. The number of nitrogens with one attached hydrogen (secondary N) is 1. The summed E-state index contributed by atoms with van der Waals surface area (Å²) in [7, 11) is 0. The van der Waals surface area contributed by atoms with Gasteiger partial charge in [-0.2, -0.15) is 4.98 Å². The minimum Gasteiger partial charge on any atom is -0.387 e. The summed E-state index contributed by atoms with van der Waals surface area (Å²) in [6, 6.07) is 1.22. The van der Waals surface area contributed by atoms with E-state index in [0.29, 0.717) is 35.8 Å². The van der Waals surface area contributed by atoms with Gasteiger partial charge in [0.1, 0.15) is 12.4 Å². The highest BCUT2D eigenvalue weighted by Crippen LogP contribution is 2.30. The van der Waals surface area contributed by atoms with E-state index in [9.17, 15) is 13.6 Å². The molecule has 0 saturated heterocycles. The lowest BCUT2D eigenvalue weighted by atomic mass is 10.0. The number of hydrogen-bond acceptors (Lipinski definition) is 7. The summed E-state index contributed by atoms with van der Waals surface area (Å²) in [5.74, 6) is -2.51. The second-order valence-corrected chi connectivity index (χ2v) is 8.10. The van der Waals surface area contributed by atoms with Gasteiger partial charge in [0.2, 0.25) is 5.82 Å². The molecule has 0 radical (unpaired) electrons. The number of aromatic nitrogens is 3. The van der Waals surface area contributed by atoms with Gasteiger partial charge >= 0.3 is 6.03 Å². The molecule has 3 heterocycles. The molecule has 2 aromatic rings. The van der Waals surface area contributed by atoms with Crippen LogP contribution in [0.2, 0.25) is 5.02 Å². The van der Waals surface area contributed by atoms with Crippen molar-refractivity contribution in [1.29, 1.82) is 0 Å². The minimum atomic E-state index is -2.93. The Morgan fingerprint density at radius 2 is 2.23 bits per heavy atom. The Hall–Kier alpha value is -3.44. The molecule has 35 heavy (non-hydrogen) atoms. The van der Waals surface area contributed by atoms with Crippen LogP contribution in [0.3, 0.4) is 0 Å². The molecule has 2 amide bonds. The highest BCUT2D eigenvalue weighted by molar-refractivity contribution is 6.32. The third kappa shape index (κ3) is 6.37. The van der Waals surface area contributed by atoms with Crippen molar-refractivity contribution in [3.8, 4) is 11.4 Å². The maximum Gasteiger partial charge on any atom is 0.323 e. The van der Waals surface area contributed by atoms with E-state index in [2.05, 4.69) is 32.2 Å². The zero-order chi connectivity index (χ0) is 25.6. The zero-order valence-corrected chi connectivity index (χ0v) is 20.0. The Kier molecular flexibility index (Phi) is 8.47. The van der Waals surface area contributed by atoms with Gasteiger partial charge < -0.3 is 14.5 Å². The van der Waals surface area contributed by atoms with Crippen LogP contribution in [0.5, 0.6) is 0 Å². The first-order valence-corrected chi connectivity index (χ1v) is 11.1. The number of halogens is 3. The molecule has 186 valence electrons. The Labute approximate surface area is 205 Å². The number of urea groups is 1. The third-order valence-corrected chi connectivity index (χ3v) is 5.71. The second kappa shape index (κ2) is 11.3. The first-order valence-electron chi connectivity index (χ1n) is 10.8. The summed E-state index contributed by atoms with van der Waals surface area (Å²) in [6.45, 7) is 6.41. The topological polar surface area (TPSA) is 117 Å². The first kappa shape index (κ1) is 26.2. The number of alkyl halides is 2. The molecule has 0 unspecified atom stereocenters. The number of pyridine rings is 1. The van der Waals surface area contributed by atoms with E-state index < -0.39 is 12.0 Å². The largest absolute Gasteiger partial charge is 0.387 e. The summed E-state index contributed by atoms with van der Waals surface area (Å²) < 4.78 is 32.3. The molecule has 0 bridgehead atoms. The molecule has 3 rings (SSSR count). The molecule has 0 saturated carbocycles. The summed E-state index contributed by atoms with van der Waals surface area (Å²) in [5.41, 5.74) is 1.85. The molecular formula is C23H25ClF2N6O3. The Bertz CT molecular complexity index is 1190. The number of aliphatic imine (C=N–C) groups is 1. The standard InChI is InChI=1S/C23H25ClF2N6O3/c1-4-23(25,26)14(2)5-6-18(27-3)29-22(34)32-9-7-15(8-10-32)20-17(24)11-16(12-28-20)21-30-19(13-33)35-31-21/h5-7,11-12,33H,3-4,8-10,13H2,1-2H3,(H,29,34)/b14-5+,18-6+. The van der Waals surface area contributed by atoms with Crippen LogP contribution in [-0.2, 0) is 6.61 Å². The molecule has 2 aromatic heterocycles. The highest BCUT2D eigenvalue weighted by atomic mass is 35.5. The molecule has 1 aliphatic heterocycles. The number of nitrogens with zero attached hydrogens (tertiary/aromatic N) is 5. The Morgan fingerprint density at radius 1 is 1.46 bits per heavy atom. The van der Waals surface area contributed by atoms with Crippen LogP contribution in [0.15, 0.2) is 51.4 Å². The highest BCUT2D eigenvalue weighted by Gasteiger charge is 2.28. The molecule has 1 aliphatic rings. The Balaban J connectivity index is 1.66. The van der Waals surface area contributed by atoms with Gasteiger partial charge in [0.25, 0.3) is 11.8 Å². The Morgan fingerprint density at radius 3 is 2.80 bits per heavy atom. The van der Waals surface area contributed by atoms with Crippen LogP contribution < -0.4 is 5.32 Å². The lowest BCUT2D eigenvalue weighted by molar-refractivity contribution is 0.0377. The number of rotatable bonds is 8. The third-order valence-electron chi connectivity index (χ3n) is 5.42. The molecule has 0 fully saturated rings. The van der Waals surface area contributed by atoms with Crippen molar-refractivity contribution in [1.82, 2.24) is 25.3 Å². The predicted octanol–water partition coefficient (Wildman–Crippen LogP) is 4.61. The van der Waals surface area contributed by atoms with Crippen molar-refractivity contribution in [2.75, 3.05) is 13.1 Å². The first-order chi connectivity index (χ1) is 16.7. The maximum absolute atomic E-state index is 13.7. The van der Waals surface area contributed by atoms with Crippen LogP contribution in [0.25, 0.3) is 17.0 Å². The normalized spacial score (nSPS) is 15.1. The van der Waals surface area contributed by atoms with Crippen molar-refractivity contribution >= 4 is 29.9 Å². The lowest BCUT2D eigenvalue weighted by Crippen LogP contribution is -2.41. The van der Waals surface area contributed by atoms with E-state index in [1.54, 1.807) is 12.3 Å².